The van der Waals surface area contributed by atoms with E-state index >= 15 is 0 Å². The van der Waals surface area contributed by atoms with Crippen molar-refractivity contribution in [1.29, 1.82) is 5.16 Å². The lowest BCUT2D eigenvalue weighted by Gasteiger charge is -2.01. The van der Waals surface area contributed by atoms with Crippen molar-refractivity contribution >= 4 is 18.5 Å². The van der Waals surface area contributed by atoms with Gasteiger partial charge in [-0.3, -0.25) is 5.16 Å². The van der Waals surface area contributed by atoms with Gasteiger partial charge in [0, 0.05) is 0 Å². The van der Waals surface area contributed by atoms with Crippen molar-refractivity contribution in [3.05, 3.63) is 29.8 Å². The summed E-state index contributed by atoms with van der Waals surface area (Å²) in [4.78, 5) is 0. The van der Waals surface area contributed by atoms with Crippen molar-refractivity contribution in [2.24, 2.45) is 0 Å². The van der Waals surface area contributed by atoms with Gasteiger partial charge >= 0.3 is 0 Å². The van der Waals surface area contributed by atoms with Gasteiger partial charge in [-0.15, -0.1) is 0 Å². The highest BCUT2D eigenvalue weighted by Crippen LogP contribution is 2.31. The molecule has 1 rings (SSSR count). The smallest absolute Gasteiger partial charge is 0.206 e. The molecule has 0 saturated heterocycles. The first-order chi connectivity index (χ1) is 5.18. The molecule has 1 N–H and O–H groups in total. The zero-order chi connectivity index (χ0) is 8.27. The van der Waals surface area contributed by atoms with Crippen molar-refractivity contribution < 1.29 is 4.52 Å². The highest BCUT2D eigenvalue weighted by molar-refractivity contribution is 7.70. The van der Waals surface area contributed by atoms with E-state index in [2.05, 4.69) is 0 Å². The van der Waals surface area contributed by atoms with Crippen LogP contribution < -0.4 is 4.52 Å². The van der Waals surface area contributed by atoms with E-state index in [-0.39, 0.29) is 0 Å². The van der Waals surface area contributed by atoms with Crippen LogP contribution in [0.25, 0.3) is 0 Å². The van der Waals surface area contributed by atoms with Crippen LogP contribution in [0.15, 0.2) is 24.3 Å². The second-order valence-corrected chi connectivity index (χ2v) is 3.97. The van der Waals surface area contributed by atoms with E-state index in [0.29, 0.717) is 5.75 Å². The number of nitrogens with one attached hydrogen (secondary N) is 1. The summed E-state index contributed by atoms with van der Waals surface area (Å²) in [7, 11) is -1.88. The van der Waals surface area contributed by atoms with E-state index in [4.69, 9.17) is 20.9 Å². The molecule has 1 unspecified atom stereocenters. The summed E-state index contributed by atoms with van der Waals surface area (Å²) >= 11 is 5.40. The Morgan fingerprint density at radius 3 is 2.36 bits per heavy atom. The van der Waals surface area contributed by atoms with Crippen LogP contribution in [0, 0.1) is 12.1 Å². The number of rotatable bonds is 2. The van der Waals surface area contributed by atoms with Gasteiger partial charge in [0.25, 0.3) is 0 Å². The maximum Gasteiger partial charge on any atom is 0.206 e. The van der Waals surface area contributed by atoms with Crippen LogP contribution in [0.5, 0.6) is 5.75 Å². The quantitative estimate of drug-likeness (QED) is 0.711. The Kier molecular flexibility index (Phi) is 2.98. The highest BCUT2D eigenvalue weighted by Gasteiger charge is 1.92. The zero-order valence-electron chi connectivity index (χ0n) is 6.10. The summed E-state index contributed by atoms with van der Waals surface area (Å²) in [6.07, 6.45) is 0. The predicted octanol–water partition coefficient (Wildman–Crippen LogP) is 3.42. The lowest BCUT2D eigenvalue weighted by molar-refractivity contribution is 0.631. The van der Waals surface area contributed by atoms with Crippen LogP contribution >= 0.6 is 18.5 Å². The third-order valence-electron chi connectivity index (χ3n) is 1.23. The number of benzene rings is 1. The lowest BCUT2D eigenvalue weighted by atomic mass is 10.2. The van der Waals surface area contributed by atoms with Crippen LogP contribution in [0.3, 0.4) is 0 Å². The SMILES string of the molecule is Cc1ccc(O[PH](=N)Cl)cc1. The molecule has 4 heteroatoms. The normalized spacial score (nSPS) is 12.5. The van der Waals surface area contributed by atoms with Crippen LogP contribution in [0.4, 0.5) is 0 Å². The minimum absolute atomic E-state index is 0.675. The van der Waals surface area contributed by atoms with Crippen molar-refractivity contribution in [2.45, 2.75) is 6.92 Å². The first-order valence-corrected chi connectivity index (χ1v) is 5.59. The summed E-state index contributed by atoms with van der Waals surface area (Å²) in [5.74, 6) is 0.675. The molecule has 0 aliphatic rings. The molecule has 2 nitrogen and oxygen atoms in total. The topological polar surface area (TPSA) is 33.1 Å². The molecular formula is C7H9ClNOP. The molecule has 0 heterocycles. The third-order valence-corrected chi connectivity index (χ3v) is 1.87. The van der Waals surface area contributed by atoms with Crippen LogP contribution in [0.1, 0.15) is 5.56 Å². The van der Waals surface area contributed by atoms with Gasteiger partial charge in [0.2, 0.25) is 7.29 Å². The molecule has 0 aliphatic heterocycles. The van der Waals surface area contributed by atoms with Crippen LogP contribution in [-0.2, 0) is 0 Å². The Morgan fingerprint density at radius 2 is 1.91 bits per heavy atom. The number of halogens is 1. The average Bonchev–Trinajstić information content (AvgIpc) is 1.93. The van der Waals surface area contributed by atoms with E-state index < -0.39 is 7.29 Å². The van der Waals surface area contributed by atoms with Crippen molar-refractivity contribution in [3.63, 3.8) is 0 Å². The maximum absolute atomic E-state index is 7.01. The molecule has 0 spiro atoms. The van der Waals surface area contributed by atoms with Gasteiger partial charge < -0.3 is 4.52 Å². The molecule has 0 aliphatic carbocycles. The summed E-state index contributed by atoms with van der Waals surface area (Å²) in [6, 6.07) is 7.49. The van der Waals surface area contributed by atoms with E-state index in [9.17, 15) is 0 Å². The van der Waals surface area contributed by atoms with Crippen LogP contribution in [0.2, 0.25) is 0 Å². The number of hydrogen-bond donors (Lipinski definition) is 1. The van der Waals surface area contributed by atoms with E-state index in [0.717, 1.165) is 0 Å². The fourth-order valence-corrected chi connectivity index (χ4v) is 1.32. The molecule has 1 aromatic carbocycles. The largest absolute Gasteiger partial charge is 0.449 e. The van der Waals surface area contributed by atoms with Gasteiger partial charge in [0.05, 0.1) is 0 Å². The molecule has 0 bridgehead atoms. The van der Waals surface area contributed by atoms with Crippen molar-refractivity contribution in [2.75, 3.05) is 0 Å². The van der Waals surface area contributed by atoms with Gasteiger partial charge in [-0.25, -0.2) is 0 Å². The fraction of sp³-hybridized carbons (Fsp3) is 0.143. The standard InChI is InChI=1S/C7H9ClNOP/c1-6-2-4-7(5-3-6)10-11(8)9/h2-5,9,11H,1H3. The molecule has 0 radical (unpaired) electrons. The number of aryl methyl sites for hydroxylation is 1. The van der Waals surface area contributed by atoms with E-state index in [1.54, 1.807) is 0 Å². The van der Waals surface area contributed by atoms with Gasteiger partial charge in [0.1, 0.15) is 5.75 Å². The molecule has 11 heavy (non-hydrogen) atoms. The molecule has 1 aromatic rings. The predicted molar refractivity (Wildman–Crippen MR) is 48.7 cm³/mol. The lowest BCUT2D eigenvalue weighted by Crippen LogP contribution is -1.76. The maximum atomic E-state index is 7.01. The summed E-state index contributed by atoms with van der Waals surface area (Å²) in [5.41, 5.74) is 1.17. The second-order valence-electron chi connectivity index (χ2n) is 2.19. The van der Waals surface area contributed by atoms with E-state index in [1.807, 2.05) is 31.2 Å². The van der Waals surface area contributed by atoms with Crippen LogP contribution in [-0.4, -0.2) is 0 Å². The molecule has 1 atom stereocenters. The molecule has 0 fully saturated rings. The zero-order valence-corrected chi connectivity index (χ0v) is 7.85. The van der Waals surface area contributed by atoms with Gasteiger partial charge in [-0.05, 0) is 30.3 Å². The third kappa shape index (κ3) is 2.96. The number of hydrogen-bond acceptors (Lipinski definition) is 2. The Labute approximate surface area is 71.3 Å². The minimum Gasteiger partial charge on any atom is -0.449 e. The van der Waals surface area contributed by atoms with Gasteiger partial charge in [-0.2, -0.15) is 0 Å². The van der Waals surface area contributed by atoms with Crippen molar-refractivity contribution in [1.82, 2.24) is 0 Å². The van der Waals surface area contributed by atoms with Gasteiger partial charge in [0.15, 0.2) is 0 Å². The summed E-state index contributed by atoms with van der Waals surface area (Å²) in [6.45, 7) is 2.00. The molecular weight excluding hydrogens is 181 g/mol. The Morgan fingerprint density at radius 1 is 1.36 bits per heavy atom. The first kappa shape index (κ1) is 8.63. The fourth-order valence-electron chi connectivity index (χ4n) is 0.710. The molecule has 0 aromatic heterocycles. The highest BCUT2D eigenvalue weighted by atomic mass is 35.7. The molecule has 0 amide bonds. The summed E-state index contributed by atoms with van der Waals surface area (Å²) in [5, 5.41) is 7.01. The Bertz CT molecular complexity index is 260. The summed E-state index contributed by atoms with van der Waals surface area (Å²) < 4.78 is 5.00. The average molecular weight is 190 g/mol. The monoisotopic (exact) mass is 189 g/mol. The molecule has 60 valence electrons. The van der Waals surface area contributed by atoms with E-state index in [1.165, 1.54) is 5.56 Å². The minimum atomic E-state index is -1.88. The Balaban J connectivity index is 2.74. The first-order valence-electron chi connectivity index (χ1n) is 3.17. The molecule has 0 saturated carbocycles. The van der Waals surface area contributed by atoms with Crippen molar-refractivity contribution in [3.8, 4) is 5.75 Å². The second kappa shape index (κ2) is 3.80. The van der Waals surface area contributed by atoms with Gasteiger partial charge in [-0.1, -0.05) is 17.7 Å². The Hall–Kier alpha value is -0.460.